The Hall–Kier alpha value is -5.93. The number of alkyl halides is 23. The highest BCUT2D eigenvalue weighted by Crippen LogP contribution is 2.81. The number of hydrogen-bond donors (Lipinski definition) is 0. The fourth-order valence-corrected chi connectivity index (χ4v) is 11.4. The van der Waals surface area contributed by atoms with Crippen LogP contribution in [0.3, 0.4) is 0 Å². The first-order chi connectivity index (χ1) is 42.4. The third-order valence-corrected chi connectivity index (χ3v) is 15.7. The Morgan fingerprint density at radius 3 is 0.641 bits per heavy atom. The van der Waals surface area contributed by atoms with Crippen molar-refractivity contribution in [1.82, 2.24) is 0 Å². The van der Waals surface area contributed by atoms with Crippen molar-refractivity contribution < 1.29 is 153 Å². The summed E-state index contributed by atoms with van der Waals surface area (Å²) in [4.78, 5) is 12.1. The van der Waals surface area contributed by atoms with Gasteiger partial charge in [-0.3, -0.25) is 0 Å². The first kappa shape index (κ1) is 80.3. The average Bonchev–Trinajstić information content (AvgIpc) is 0.689. The van der Waals surface area contributed by atoms with E-state index in [1.165, 1.54) is 41.5 Å². The van der Waals surface area contributed by atoms with Crippen LogP contribution in [0.25, 0.3) is 0 Å². The quantitative estimate of drug-likeness (QED) is 0.0507. The van der Waals surface area contributed by atoms with Gasteiger partial charge in [0.25, 0.3) is 0 Å². The monoisotopic (exact) mass is 1400 g/mol. The second kappa shape index (κ2) is 31.1. The molecule has 3 rings (SSSR count). The summed E-state index contributed by atoms with van der Waals surface area (Å²) in [6.07, 6.45) is -7.61. The molecule has 3 aromatic rings. The fourth-order valence-electron chi connectivity index (χ4n) is 7.81. The molecule has 11 nitrogen and oxygen atoms in total. The summed E-state index contributed by atoms with van der Waals surface area (Å²) < 4.78 is 406. The van der Waals surface area contributed by atoms with Gasteiger partial charge < -0.3 is 46.8 Å². The van der Waals surface area contributed by atoms with Gasteiger partial charge in [-0.2, -0.15) is 101 Å². The van der Waals surface area contributed by atoms with Crippen molar-refractivity contribution in [1.29, 1.82) is 0 Å². The molecular weight excluding hydrogens is 1330 g/mol. The molecule has 0 amide bonds. The van der Waals surface area contributed by atoms with E-state index in [0.717, 1.165) is 36.4 Å². The summed E-state index contributed by atoms with van der Waals surface area (Å²) in [6.45, 7) is 10.4. The van der Waals surface area contributed by atoms with E-state index in [9.17, 15) is 48.3 Å². The molecule has 35 heteroatoms. The zero-order chi connectivity index (χ0) is 70.5. The average molecular weight is 1400 g/mol. The van der Waals surface area contributed by atoms with E-state index in [1.54, 1.807) is 20.8 Å². The van der Waals surface area contributed by atoms with Crippen molar-refractivity contribution in [3.05, 3.63) is 36.4 Å². The highest BCUT2D eigenvalue weighted by atomic mass is 32.3. The molecule has 0 fully saturated rings. The van der Waals surface area contributed by atoms with E-state index in [-0.39, 0.29) is 94.9 Å². The molecule has 530 valence electrons. The first-order valence-corrected chi connectivity index (χ1v) is 30.1. The molecule has 0 aliphatic heterocycles. The molecule has 0 aromatic heterocycles. The maximum absolute atomic E-state index is 17.4. The number of carbonyl (C=O) groups excluding carboxylic acids is 1. The lowest BCUT2D eigenvalue weighted by atomic mass is 9.85. The zero-order valence-corrected chi connectivity index (χ0v) is 51.6. The van der Waals surface area contributed by atoms with Crippen molar-refractivity contribution in [2.24, 2.45) is 0 Å². The molecule has 0 saturated carbocycles. The summed E-state index contributed by atoms with van der Waals surface area (Å²) in [6, 6.07) is 5.80. The predicted molar refractivity (Wildman–Crippen MR) is 285 cm³/mol. The van der Waals surface area contributed by atoms with Crippen LogP contribution in [0, 0.1) is 0 Å². The molecule has 0 unspecified atom stereocenters. The lowest BCUT2D eigenvalue weighted by Gasteiger charge is -2.46. The largest absolute Gasteiger partial charge is 0.493 e. The standard InChI is InChI=1S/C57H69F23O11S/c1-10-19-82-34-28-37(85-22-13-4)43(38(29-34)86-23-14-5)92(44-39(87-24-15-6)30-35(83-20-11-2)31-40(44)88-25-16-7,45-41(89-26-17-8)32-36(84-21-12-3)33-42(45)90-27-18-9)91-46(81)47(58,59)48(60,61)49(62,63)50(64,65)51(66,67)52(68,69)53(70,71)54(72,73)55(74,75)56(76,77)57(78,79)80/h28-33H,10-27H2,1-9H3. The minimum absolute atomic E-state index is 0.0194. The molecule has 0 aliphatic rings. The second-order valence-electron chi connectivity index (χ2n) is 20.1. The van der Waals surface area contributed by atoms with Crippen LogP contribution in [0.1, 0.15) is 120 Å². The molecule has 0 atom stereocenters. The molecule has 0 N–H and O–H groups in total. The Morgan fingerprint density at radius 1 is 0.283 bits per heavy atom. The maximum Gasteiger partial charge on any atom is 0.460 e. The van der Waals surface area contributed by atoms with Gasteiger partial charge >= 0.3 is 71.4 Å². The van der Waals surface area contributed by atoms with Crippen molar-refractivity contribution in [2.45, 2.75) is 200 Å². The van der Waals surface area contributed by atoms with E-state index in [1.807, 2.05) is 0 Å². The van der Waals surface area contributed by atoms with E-state index in [2.05, 4.69) is 0 Å². The predicted octanol–water partition coefficient (Wildman–Crippen LogP) is 19.4. The van der Waals surface area contributed by atoms with Crippen LogP contribution >= 0.6 is 10.3 Å². The number of hydrogen-bond acceptors (Lipinski definition) is 11. The van der Waals surface area contributed by atoms with Gasteiger partial charge in [0.1, 0.15) is 66.4 Å². The summed E-state index contributed by atoms with van der Waals surface area (Å²) >= 11 is 0. The molecule has 0 spiro atoms. The van der Waals surface area contributed by atoms with E-state index in [0.29, 0.717) is 0 Å². The lowest BCUT2D eigenvalue weighted by Crippen LogP contribution is -2.78. The number of ether oxygens (including phenoxy) is 9. The minimum atomic E-state index is -9.71. The first-order valence-electron chi connectivity index (χ1n) is 28.5. The van der Waals surface area contributed by atoms with Gasteiger partial charge in [-0.15, -0.1) is 0 Å². The van der Waals surface area contributed by atoms with Crippen molar-refractivity contribution in [3.8, 4) is 51.7 Å². The Morgan fingerprint density at radius 2 is 0.457 bits per heavy atom. The fraction of sp³-hybridized carbons (Fsp3) is 0.667. The Labute approximate surface area is 515 Å². The molecule has 92 heavy (non-hydrogen) atoms. The highest BCUT2D eigenvalue weighted by molar-refractivity contribution is 8.30. The normalized spacial score (nSPS) is 13.8. The number of benzene rings is 3. The topological polar surface area (TPSA) is 109 Å². The summed E-state index contributed by atoms with van der Waals surface area (Å²) in [7, 11) is -5.73. The minimum Gasteiger partial charge on any atom is -0.493 e. The van der Waals surface area contributed by atoms with Gasteiger partial charge in [-0.1, -0.05) is 62.3 Å². The third-order valence-electron chi connectivity index (χ3n) is 12.4. The van der Waals surface area contributed by atoms with Crippen LogP contribution in [0.15, 0.2) is 51.1 Å². The smallest absolute Gasteiger partial charge is 0.460 e. The molecule has 0 aliphatic carbocycles. The van der Waals surface area contributed by atoms with Crippen LogP contribution in [-0.2, 0) is 8.98 Å². The molecule has 3 aromatic carbocycles. The molecule has 0 radical (unpaired) electrons. The zero-order valence-electron chi connectivity index (χ0n) is 50.8. The van der Waals surface area contributed by atoms with Gasteiger partial charge in [-0.25, -0.2) is 4.79 Å². The third kappa shape index (κ3) is 14.9. The summed E-state index contributed by atoms with van der Waals surface area (Å²) in [5, 5.41) is 0. The molecular formula is C57H69F23O11S. The Bertz CT molecular complexity index is 2600. The molecule has 0 saturated heterocycles. The summed E-state index contributed by atoms with van der Waals surface area (Å²) in [5.74, 6) is -102. The van der Waals surface area contributed by atoms with Crippen LogP contribution in [0.5, 0.6) is 51.7 Å². The van der Waals surface area contributed by atoms with Crippen LogP contribution in [0.4, 0.5) is 101 Å². The Balaban J connectivity index is 2.99. The SMILES string of the molecule is CCCOc1cc(OCCC)c(S(OC(=O)C(F)(F)C(F)(F)C(F)(F)C(F)(F)C(F)(F)C(F)(F)C(F)(F)C(F)(F)C(F)(F)C(F)(F)C(F)(F)F)(c2c(OCCC)cc(OCCC)cc2OCCC)c2c(OCCC)cc(OCCC)cc2OCCC)c(OCCC)c1. The highest BCUT2D eigenvalue weighted by Gasteiger charge is 2.99. The molecule has 0 bridgehead atoms. The lowest BCUT2D eigenvalue weighted by molar-refractivity contribution is -0.477. The maximum atomic E-state index is 17.4. The van der Waals surface area contributed by atoms with E-state index in [4.69, 9.17) is 46.8 Å². The Kier molecular flexibility index (Phi) is 27.1. The van der Waals surface area contributed by atoms with Gasteiger partial charge in [0.15, 0.2) is 0 Å². The van der Waals surface area contributed by atoms with E-state index < -0.39 is 171 Å². The van der Waals surface area contributed by atoms with Crippen LogP contribution in [-0.4, -0.2) is 131 Å². The van der Waals surface area contributed by atoms with E-state index >= 15 is 57.5 Å². The number of halogens is 23. The van der Waals surface area contributed by atoms with Crippen LogP contribution < -0.4 is 42.6 Å². The number of rotatable bonds is 41. The second-order valence-corrected chi connectivity index (χ2v) is 22.6. The van der Waals surface area contributed by atoms with Gasteiger partial charge in [0.05, 0.1) is 59.5 Å². The van der Waals surface area contributed by atoms with Gasteiger partial charge in [-0.05, 0) is 57.8 Å². The van der Waals surface area contributed by atoms with Gasteiger partial charge in [0, 0.05) is 46.7 Å². The van der Waals surface area contributed by atoms with Gasteiger partial charge in [0.2, 0.25) is 0 Å². The van der Waals surface area contributed by atoms with Crippen molar-refractivity contribution >= 4 is 16.3 Å². The summed E-state index contributed by atoms with van der Waals surface area (Å²) in [5.41, 5.74) is 0. The number of carbonyl (C=O) groups is 1. The van der Waals surface area contributed by atoms with Crippen molar-refractivity contribution in [2.75, 3.05) is 59.5 Å². The molecule has 0 heterocycles. The van der Waals surface area contributed by atoms with Crippen molar-refractivity contribution in [3.63, 3.8) is 0 Å². The van der Waals surface area contributed by atoms with Crippen LogP contribution in [0.2, 0.25) is 0 Å².